The van der Waals surface area contributed by atoms with E-state index in [-0.39, 0.29) is 0 Å². The first-order valence-corrected chi connectivity index (χ1v) is 7.87. The van der Waals surface area contributed by atoms with Crippen molar-refractivity contribution in [3.05, 3.63) is 29.3 Å². The molecule has 2 aliphatic rings. The Morgan fingerprint density at radius 2 is 2.15 bits per heavy atom. The molecule has 1 unspecified atom stereocenters. The van der Waals surface area contributed by atoms with Crippen molar-refractivity contribution < 1.29 is 4.74 Å². The lowest BCUT2D eigenvalue weighted by Crippen LogP contribution is -2.38. The third-order valence-corrected chi connectivity index (χ3v) is 4.49. The molecular formula is C17H26N2O. The van der Waals surface area contributed by atoms with E-state index in [4.69, 9.17) is 4.74 Å². The quantitative estimate of drug-likeness (QED) is 0.863. The van der Waals surface area contributed by atoms with Gasteiger partial charge in [-0.1, -0.05) is 17.7 Å². The van der Waals surface area contributed by atoms with E-state index in [0.717, 1.165) is 18.3 Å². The van der Waals surface area contributed by atoms with Crippen molar-refractivity contribution in [3.8, 4) is 5.75 Å². The average molecular weight is 274 g/mol. The van der Waals surface area contributed by atoms with Gasteiger partial charge in [0.2, 0.25) is 0 Å². The molecule has 1 aromatic carbocycles. The second kappa shape index (κ2) is 6.15. The fourth-order valence-electron chi connectivity index (χ4n) is 3.23. The summed E-state index contributed by atoms with van der Waals surface area (Å²) in [4.78, 5) is 2.65. The molecule has 1 heterocycles. The lowest BCUT2D eigenvalue weighted by Gasteiger charge is -2.26. The van der Waals surface area contributed by atoms with E-state index in [1.54, 1.807) is 7.11 Å². The molecule has 1 saturated carbocycles. The molecule has 3 nitrogen and oxygen atoms in total. The summed E-state index contributed by atoms with van der Waals surface area (Å²) in [5.41, 5.74) is 2.65. The molecule has 0 radical (unpaired) electrons. The van der Waals surface area contributed by atoms with Crippen molar-refractivity contribution in [2.75, 3.05) is 20.2 Å². The number of methoxy groups -OCH3 is 1. The molecule has 2 fully saturated rings. The Kier molecular flexibility index (Phi) is 4.27. The van der Waals surface area contributed by atoms with E-state index < -0.39 is 0 Å². The molecule has 0 bridgehead atoms. The van der Waals surface area contributed by atoms with E-state index in [0.29, 0.717) is 6.04 Å². The van der Waals surface area contributed by atoms with Crippen LogP contribution < -0.4 is 10.1 Å². The summed E-state index contributed by atoms with van der Waals surface area (Å²) in [6.07, 6.45) is 5.38. The van der Waals surface area contributed by atoms with Crippen LogP contribution in [0.2, 0.25) is 0 Å². The minimum Gasteiger partial charge on any atom is -0.496 e. The lowest BCUT2D eigenvalue weighted by atomic mass is 10.1. The number of aryl methyl sites for hydroxylation is 1. The predicted molar refractivity (Wildman–Crippen MR) is 82.2 cm³/mol. The summed E-state index contributed by atoms with van der Waals surface area (Å²) in [6, 6.07) is 7.98. The molecule has 1 saturated heterocycles. The van der Waals surface area contributed by atoms with Crippen LogP contribution >= 0.6 is 0 Å². The predicted octanol–water partition coefficient (Wildman–Crippen LogP) is 2.72. The monoisotopic (exact) mass is 274 g/mol. The number of hydrogen-bond acceptors (Lipinski definition) is 3. The highest BCUT2D eigenvalue weighted by Gasteiger charge is 2.31. The Morgan fingerprint density at radius 1 is 1.30 bits per heavy atom. The number of nitrogens with one attached hydrogen (secondary N) is 1. The SMILES string of the molecule is COc1ccc(C)cc1CN(CC1CCCN1)C1CC1. The number of benzene rings is 1. The topological polar surface area (TPSA) is 24.5 Å². The Bertz CT molecular complexity index is 450. The third-order valence-electron chi connectivity index (χ3n) is 4.49. The van der Waals surface area contributed by atoms with Crippen molar-refractivity contribution in [3.63, 3.8) is 0 Å². The summed E-state index contributed by atoms with van der Waals surface area (Å²) >= 11 is 0. The molecule has 0 aromatic heterocycles. The van der Waals surface area contributed by atoms with Crippen LogP contribution in [0.25, 0.3) is 0 Å². The highest BCUT2D eigenvalue weighted by Crippen LogP contribution is 2.31. The number of nitrogens with zero attached hydrogens (tertiary/aromatic N) is 1. The highest BCUT2D eigenvalue weighted by atomic mass is 16.5. The normalized spacial score (nSPS) is 22.4. The van der Waals surface area contributed by atoms with Gasteiger partial charge < -0.3 is 10.1 Å². The highest BCUT2D eigenvalue weighted by molar-refractivity contribution is 5.36. The van der Waals surface area contributed by atoms with Gasteiger partial charge in [0.25, 0.3) is 0 Å². The van der Waals surface area contributed by atoms with Gasteiger partial charge in [-0.2, -0.15) is 0 Å². The van der Waals surface area contributed by atoms with Crippen LogP contribution in [-0.4, -0.2) is 37.2 Å². The van der Waals surface area contributed by atoms with Crippen molar-refractivity contribution in [1.29, 1.82) is 0 Å². The molecule has 3 rings (SSSR count). The van der Waals surface area contributed by atoms with Crippen molar-refractivity contribution in [1.82, 2.24) is 10.2 Å². The zero-order chi connectivity index (χ0) is 13.9. The Balaban J connectivity index is 1.70. The standard InChI is InChI=1S/C17H26N2O/c1-13-5-8-17(20-2)14(10-13)11-19(16-6-7-16)12-15-4-3-9-18-15/h5,8,10,15-16,18H,3-4,6-7,9,11-12H2,1-2H3. The first-order chi connectivity index (χ1) is 9.76. The average Bonchev–Trinajstić information content (AvgIpc) is 3.17. The maximum Gasteiger partial charge on any atom is 0.123 e. The molecule has 20 heavy (non-hydrogen) atoms. The minimum atomic E-state index is 0.686. The molecule has 0 spiro atoms. The molecule has 1 aromatic rings. The summed E-state index contributed by atoms with van der Waals surface area (Å²) < 4.78 is 5.53. The van der Waals surface area contributed by atoms with E-state index >= 15 is 0 Å². The second-order valence-corrected chi connectivity index (χ2v) is 6.27. The van der Waals surface area contributed by atoms with E-state index in [1.807, 2.05) is 0 Å². The maximum absolute atomic E-state index is 5.53. The van der Waals surface area contributed by atoms with Gasteiger partial charge in [-0.05, 0) is 45.2 Å². The summed E-state index contributed by atoms with van der Waals surface area (Å²) in [5, 5.41) is 3.62. The van der Waals surface area contributed by atoms with Gasteiger partial charge >= 0.3 is 0 Å². The molecule has 1 atom stereocenters. The summed E-state index contributed by atoms with van der Waals surface area (Å²) in [5.74, 6) is 1.03. The van der Waals surface area contributed by atoms with Gasteiger partial charge in [0, 0.05) is 30.7 Å². The van der Waals surface area contributed by atoms with Crippen LogP contribution in [-0.2, 0) is 6.54 Å². The Labute approximate surface area is 122 Å². The smallest absolute Gasteiger partial charge is 0.123 e. The van der Waals surface area contributed by atoms with Crippen LogP contribution in [0.5, 0.6) is 5.75 Å². The van der Waals surface area contributed by atoms with E-state index in [1.165, 1.54) is 49.9 Å². The molecule has 110 valence electrons. The Hall–Kier alpha value is -1.06. The van der Waals surface area contributed by atoms with Gasteiger partial charge in [0.15, 0.2) is 0 Å². The number of hydrogen-bond donors (Lipinski definition) is 1. The lowest BCUT2D eigenvalue weighted by molar-refractivity contribution is 0.228. The van der Waals surface area contributed by atoms with Crippen molar-refractivity contribution in [2.45, 2.75) is 51.2 Å². The van der Waals surface area contributed by atoms with Crippen LogP contribution in [0.4, 0.5) is 0 Å². The van der Waals surface area contributed by atoms with Gasteiger partial charge in [0.1, 0.15) is 5.75 Å². The molecule has 1 N–H and O–H groups in total. The fraction of sp³-hybridized carbons (Fsp3) is 0.647. The molecule has 0 amide bonds. The van der Waals surface area contributed by atoms with Crippen LogP contribution in [0.15, 0.2) is 18.2 Å². The number of ether oxygens (including phenoxy) is 1. The zero-order valence-electron chi connectivity index (χ0n) is 12.7. The molecular weight excluding hydrogens is 248 g/mol. The number of rotatable bonds is 6. The van der Waals surface area contributed by atoms with Gasteiger partial charge in [-0.25, -0.2) is 0 Å². The first kappa shape index (κ1) is 13.9. The van der Waals surface area contributed by atoms with Gasteiger partial charge in [-0.3, -0.25) is 4.90 Å². The minimum absolute atomic E-state index is 0.686. The summed E-state index contributed by atoms with van der Waals surface area (Å²) in [7, 11) is 1.77. The van der Waals surface area contributed by atoms with Crippen molar-refractivity contribution >= 4 is 0 Å². The second-order valence-electron chi connectivity index (χ2n) is 6.27. The van der Waals surface area contributed by atoms with Gasteiger partial charge in [-0.15, -0.1) is 0 Å². The fourth-order valence-corrected chi connectivity index (χ4v) is 3.23. The molecule has 3 heteroatoms. The largest absolute Gasteiger partial charge is 0.496 e. The maximum atomic E-state index is 5.53. The van der Waals surface area contributed by atoms with Crippen LogP contribution in [0.3, 0.4) is 0 Å². The first-order valence-electron chi connectivity index (χ1n) is 7.87. The van der Waals surface area contributed by atoms with Crippen LogP contribution in [0, 0.1) is 6.92 Å². The molecule has 1 aliphatic heterocycles. The molecule has 1 aliphatic carbocycles. The van der Waals surface area contributed by atoms with Crippen molar-refractivity contribution in [2.24, 2.45) is 0 Å². The third kappa shape index (κ3) is 3.33. The van der Waals surface area contributed by atoms with E-state index in [9.17, 15) is 0 Å². The Morgan fingerprint density at radius 3 is 2.80 bits per heavy atom. The van der Waals surface area contributed by atoms with E-state index in [2.05, 4.69) is 35.3 Å². The van der Waals surface area contributed by atoms with Crippen LogP contribution in [0.1, 0.15) is 36.8 Å². The summed E-state index contributed by atoms with van der Waals surface area (Å²) in [6.45, 7) is 5.55. The van der Waals surface area contributed by atoms with Gasteiger partial charge in [0.05, 0.1) is 7.11 Å². The zero-order valence-corrected chi connectivity index (χ0v) is 12.7.